The number of benzene rings is 3. The second kappa shape index (κ2) is 12.7. The molecule has 0 heterocycles. The van der Waals surface area contributed by atoms with Crippen molar-refractivity contribution in [3.05, 3.63) is 113 Å². The Morgan fingerprint density at radius 3 is 2.39 bits per heavy atom. The molecule has 0 unspecified atom stereocenters. The summed E-state index contributed by atoms with van der Waals surface area (Å²) < 4.78 is 19.9. The van der Waals surface area contributed by atoms with Crippen molar-refractivity contribution in [3.8, 4) is 5.75 Å². The number of esters is 1. The molecular weight excluding hydrogens is 447 g/mol. The largest absolute Gasteiger partial charge is 0.426 e. The number of carbonyl (C=O) groups excluding carboxylic acids is 1. The molecule has 0 bridgehead atoms. The Hall–Kier alpha value is -3.20. The van der Waals surface area contributed by atoms with E-state index in [0.717, 1.165) is 38.5 Å². The molecular formula is C33H37FO2. The van der Waals surface area contributed by atoms with E-state index in [9.17, 15) is 9.18 Å². The van der Waals surface area contributed by atoms with Gasteiger partial charge in [0.05, 0.1) is 5.92 Å². The maximum Gasteiger partial charge on any atom is 0.314 e. The zero-order chi connectivity index (χ0) is 25.3. The first-order chi connectivity index (χ1) is 17.5. The Morgan fingerprint density at radius 2 is 1.72 bits per heavy atom. The van der Waals surface area contributed by atoms with Gasteiger partial charge in [0, 0.05) is 6.07 Å². The van der Waals surface area contributed by atoms with E-state index in [0.29, 0.717) is 29.6 Å². The van der Waals surface area contributed by atoms with Gasteiger partial charge in [0.1, 0.15) is 11.6 Å². The van der Waals surface area contributed by atoms with Crippen molar-refractivity contribution in [2.45, 2.75) is 70.6 Å². The molecule has 4 rings (SSSR count). The lowest BCUT2D eigenvalue weighted by Gasteiger charge is -2.27. The molecule has 1 aliphatic carbocycles. The molecule has 3 aromatic carbocycles. The fourth-order valence-corrected chi connectivity index (χ4v) is 5.24. The van der Waals surface area contributed by atoms with E-state index in [4.69, 9.17) is 4.74 Å². The van der Waals surface area contributed by atoms with Crippen LogP contribution in [0.4, 0.5) is 4.39 Å². The normalized spacial score (nSPS) is 18.8. The second-order valence-electron chi connectivity index (χ2n) is 10.1. The second-order valence-corrected chi connectivity index (χ2v) is 10.1. The maximum atomic E-state index is 14.4. The molecule has 1 fully saturated rings. The predicted octanol–water partition coefficient (Wildman–Crippen LogP) is 8.56. The van der Waals surface area contributed by atoms with Crippen LogP contribution in [0.3, 0.4) is 0 Å². The van der Waals surface area contributed by atoms with Crippen molar-refractivity contribution in [1.29, 1.82) is 0 Å². The first kappa shape index (κ1) is 25.9. The van der Waals surface area contributed by atoms with Crippen molar-refractivity contribution in [2.24, 2.45) is 5.92 Å². The summed E-state index contributed by atoms with van der Waals surface area (Å²) in [6.07, 6.45) is 10.00. The van der Waals surface area contributed by atoms with Gasteiger partial charge in [0.15, 0.2) is 0 Å². The monoisotopic (exact) mass is 484 g/mol. The Bertz CT molecular complexity index is 1140. The summed E-state index contributed by atoms with van der Waals surface area (Å²) in [5.41, 5.74) is 4.73. The molecule has 0 saturated heterocycles. The van der Waals surface area contributed by atoms with Crippen LogP contribution in [0.1, 0.15) is 80.0 Å². The highest BCUT2D eigenvalue weighted by molar-refractivity contribution is 5.75. The van der Waals surface area contributed by atoms with Gasteiger partial charge in [-0.2, -0.15) is 0 Å². The molecule has 0 aliphatic heterocycles. The fraction of sp³-hybridized carbons (Fsp3) is 0.364. The summed E-state index contributed by atoms with van der Waals surface area (Å²) in [4.78, 5) is 12.7. The van der Waals surface area contributed by atoms with Crippen molar-refractivity contribution in [1.82, 2.24) is 0 Å². The Morgan fingerprint density at radius 1 is 1.00 bits per heavy atom. The Balaban J connectivity index is 1.26. The smallest absolute Gasteiger partial charge is 0.314 e. The van der Waals surface area contributed by atoms with Crippen LogP contribution in [-0.4, -0.2) is 5.97 Å². The van der Waals surface area contributed by atoms with E-state index in [1.165, 1.54) is 22.8 Å². The average molecular weight is 485 g/mol. The number of hydrogen-bond acceptors (Lipinski definition) is 2. The van der Waals surface area contributed by atoms with E-state index in [1.54, 1.807) is 12.1 Å². The molecule has 0 radical (unpaired) electrons. The van der Waals surface area contributed by atoms with Gasteiger partial charge in [-0.15, -0.1) is 0 Å². The maximum absolute atomic E-state index is 14.4. The minimum absolute atomic E-state index is 0.121. The molecule has 0 N–H and O–H groups in total. The highest BCUT2D eigenvalue weighted by atomic mass is 19.1. The molecule has 0 aromatic heterocycles. The van der Waals surface area contributed by atoms with E-state index in [2.05, 4.69) is 61.5 Å². The molecule has 3 heteroatoms. The van der Waals surface area contributed by atoms with E-state index < -0.39 is 0 Å². The van der Waals surface area contributed by atoms with Crippen molar-refractivity contribution >= 4 is 5.97 Å². The third-order valence-corrected chi connectivity index (χ3v) is 7.48. The third-order valence-electron chi connectivity index (χ3n) is 7.48. The highest BCUT2D eigenvalue weighted by Gasteiger charge is 2.28. The number of rotatable bonds is 9. The number of halogens is 1. The van der Waals surface area contributed by atoms with Crippen LogP contribution in [0, 0.1) is 11.7 Å². The standard InChI is InChI=1S/C33H37FO2/c1-3-4-6-11-29-20-21-31(23-32(29)34)36-33(35)30-18-16-28(17-19-30)27-14-12-25(13-15-27)22-24(2)26-9-7-5-8-10-26/h3-5,7-10,12-15,20-21,23-24,28,30H,6,11,16-19,22H2,1-2H3/b4-3+/t24-,28?,30?/m1/s1. The lowest BCUT2D eigenvalue weighted by atomic mass is 9.78. The highest BCUT2D eigenvalue weighted by Crippen LogP contribution is 2.37. The summed E-state index contributed by atoms with van der Waals surface area (Å²) in [6.45, 7) is 4.23. The molecule has 3 aromatic rings. The number of ether oxygens (including phenoxy) is 1. The molecule has 0 amide bonds. The van der Waals surface area contributed by atoms with Gasteiger partial charge < -0.3 is 4.74 Å². The number of allylic oxidation sites excluding steroid dienone is 2. The van der Waals surface area contributed by atoms with Crippen LogP contribution in [0.25, 0.3) is 0 Å². The first-order valence-corrected chi connectivity index (χ1v) is 13.3. The molecule has 2 nitrogen and oxygen atoms in total. The van der Waals surface area contributed by atoms with Crippen LogP contribution < -0.4 is 4.74 Å². The van der Waals surface area contributed by atoms with E-state index >= 15 is 0 Å². The van der Waals surface area contributed by atoms with Crippen LogP contribution in [0.2, 0.25) is 0 Å². The molecule has 1 saturated carbocycles. The van der Waals surface area contributed by atoms with Crippen molar-refractivity contribution < 1.29 is 13.9 Å². The fourth-order valence-electron chi connectivity index (χ4n) is 5.24. The molecule has 188 valence electrons. The summed E-state index contributed by atoms with van der Waals surface area (Å²) >= 11 is 0. The van der Waals surface area contributed by atoms with Crippen LogP contribution >= 0.6 is 0 Å². The van der Waals surface area contributed by atoms with Crippen molar-refractivity contribution in [2.75, 3.05) is 0 Å². The SMILES string of the molecule is C/C=C/CCc1ccc(OC(=O)C2CCC(c3ccc(C[C@@H](C)c4ccccc4)cc3)CC2)cc1F. The average Bonchev–Trinajstić information content (AvgIpc) is 2.91. The quantitative estimate of drug-likeness (QED) is 0.173. The summed E-state index contributed by atoms with van der Waals surface area (Å²) in [6, 6.07) is 24.5. The minimum Gasteiger partial charge on any atom is -0.426 e. The van der Waals surface area contributed by atoms with Crippen LogP contribution in [0.5, 0.6) is 5.75 Å². The zero-order valence-corrected chi connectivity index (χ0v) is 21.5. The Labute approximate surface area is 215 Å². The van der Waals surface area contributed by atoms with Gasteiger partial charge in [0.2, 0.25) is 0 Å². The van der Waals surface area contributed by atoms with Gasteiger partial charge in [0.25, 0.3) is 0 Å². The summed E-state index contributed by atoms with van der Waals surface area (Å²) in [5.74, 6) is 0.597. The van der Waals surface area contributed by atoms with Gasteiger partial charge in [-0.1, -0.05) is 79.7 Å². The Kier molecular flexibility index (Phi) is 9.11. The van der Waals surface area contributed by atoms with Gasteiger partial charge in [-0.25, -0.2) is 4.39 Å². The molecule has 36 heavy (non-hydrogen) atoms. The predicted molar refractivity (Wildman–Crippen MR) is 145 cm³/mol. The molecule has 0 spiro atoms. The minimum atomic E-state index is -0.310. The van der Waals surface area contributed by atoms with Crippen LogP contribution in [-0.2, 0) is 17.6 Å². The van der Waals surface area contributed by atoms with Gasteiger partial charge in [-0.05, 0) is 92.0 Å². The topological polar surface area (TPSA) is 26.3 Å². The number of carbonyl (C=O) groups is 1. The number of aryl methyl sites for hydroxylation is 1. The van der Waals surface area contributed by atoms with Gasteiger partial charge in [-0.3, -0.25) is 4.79 Å². The van der Waals surface area contributed by atoms with Gasteiger partial charge >= 0.3 is 5.97 Å². The summed E-state index contributed by atoms with van der Waals surface area (Å²) in [5, 5.41) is 0. The lowest BCUT2D eigenvalue weighted by Crippen LogP contribution is -2.25. The first-order valence-electron chi connectivity index (χ1n) is 13.3. The molecule has 1 aliphatic rings. The van der Waals surface area contributed by atoms with Crippen molar-refractivity contribution in [3.63, 3.8) is 0 Å². The molecule has 1 atom stereocenters. The lowest BCUT2D eigenvalue weighted by molar-refractivity contribution is -0.140. The van der Waals surface area contributed by atoms with E-state index in [1.807, 2.05) is 19.1 Å². The zero-order valence-electron chi connectivity index (χ0n) is 21.5. The van der Waals surface area contributed by atoms with Crippen LogP contribution in [0.15, 0.2) is 84.9 Å². The third kappa shape index (κ3) is 6.94. The number of hydrogen-bond donors (Lipinski definition) is 0. The van der Waals surface area contributed by atoms with E-state index in [-0.39, 0.29) is 17.7 Å². The summed E-state index contributed by atoms with van der Waals surface area (Å²) in [7, 11) is 0.